The van der Waals surface area contributed by atoms with Gasteiger partial charge in [-0.2, -0.15) is 0 Å². The van der Waals surface area contributed by atoms with Crippen LogP contribution >= 0.6 is 0 Å². The van der Waals surface area contributed by atoms with Gasteiger partial charge in [0.1, 0.15) is 18.3 Å². The normalized spacial score (nSPS) is 34.1. The topological polar surface area (TPSA) is 58.9 Å². The van der Waals surface area contributed by atoms with Crippen LogP contribution in [-0.4, -0.2) is 40.9 Å². The summed E-state index contributed by atoms with van der Waals surface area (Å²) in [5.74, 6) is 1.35. The monoisotopic (exact) mass is 186 g/mol. The molecular formula is C9H14O4. The van der Waals surface area contributed by atoms with E-state index in [4.69, 9.17) is 21.0 Å². The first-order chi connectivity index (χ1) is 6.00. The van der Waals surface area contributed by atoms with E-state index < -0.39 is 24.1 Å². The second-order valence-corrected chi connectivity index (χ2v) is 3.43. The van der Waals surface area contributed by atoms with Gasteiger partial charge in [-0.15, -0.1) is 6.42 Å². The van der Waals surface area contributed by atoms with Crippen LogP contribution in [0.4, 0.5) is 0 Å². The third-order valence-electron chi connectivity index (χ3n) is 1.88. The Morgan fingerprint density at radius 1 is 1.54 bits per heavy atom. The molecule has 0 aromatic rings. The minimum absolute atomic E-state index is 0.215. The van der Waals surface area contributed by atoms with E-state index in [0.717, 1.165) is 0 Å². The summed E-state index contributed by atoms with van der Waals surface area (Å²) in [6.07, 6.45) is 2.79. The van der Waals surface area contributed by atoms with Gasteiger partial charge in [-0.25, -0.2) is 0 Å². The van der Waals surface area contributed by atoms with Crippen LogP contribution in [0.15, 0.2) is 0 Å². The summed E-state index contributed by atoms with van der Waals surface area (Å²) in [5.41, 5.74) is 0. The molecule has 0 saturated carbocycles. The second kappa shape index (κ2) is 3.64. The van der Waals surface area contributed by atoms with Gasteiger partial charge in [0.25, 0.3) is 0 Å². The van der Waals surface area contributed by atoms with Crippen molar-refractivity contribution in [1.29, 1.82) is 0 Å². The summed E-state index contributed by atoms with van der Waals surface area (Å²) >= 11 is 0. The van der Waals surface area contributed by atoms with E-state index in [9.17, 15) is 5.11 Å². The lowest BCUT2D eigenvalue weighted by atomic mass is 10.1. The maximum absolute atomic E-state index is 9.34. The smallest absolute Gasteiger partial charge is 0.164 e. The molecule has 3 atom stereocenters. The van der Waals surface area contributed by atoms with E-state index in [1.165, 1.54) is 0 Å². The second-order valence-electron chi connectivity index (χ2n) is 3.43. The fraction of sp³-hybridized carbons (Fsp3) is 0.778. The first-order valence-corrected chi connectivity index (χ1v) is 4.11. The van der Waals surface area contributed by atoms with Crippen molar-refractivity contribution < 1.29 is 19.7 Å². The number of hydrogen-bond donors (Lipinski definition) is 2. The molecule has 2 N–H and O–H groups in total. The van der Waals surface area contributed by atoms with Crippen LogP contribution in [-0.2, 0) is 9.47 Å². The molecule has 1 aliphatic rings. The molecule has 74 valence electrons. The van der Waals surface area contributed by atoms with E-state index in [0.29, 0.717) is 0 Å². The Labute approximate surface area is 77.5 Å². The Bertz CT molecular complexity index is 218. The van der Waals surface area contributed by atoms with Gasteiger partial charge >= 0.3 is 0 Å². The van der Waals surface area contributed by atoms with Crippen molar-refractivity contribution in [1.82, 2.24) is 0 Å². The van der Waals surface area contributed by atoms with Crippen LogP contribution < -0.4 is 0 Å². The Kier molecular flexibility index (Phi) is 2.94. The maximum atomic E-state index is 9.34. The van der Waals surface area contributed by atoms with Crippen molar-refractivity contribution in [2.45, 2.75) is 37.9 Å². The lowest BCUT2D eigenvalue weighted by Crippen LogP contribution is -2.36. The molecule has 1 saturated heterocycles. The minimum Gasteiger partial charge on any atom is -0.394 e. The molecule has 1 aliphatic heterocycles. The number of aliphatic hydroxyl groups is 2. The van der Waals surface area contributed by atoms with Gasteiger partial charge in [0.15, 0.2) is 5.79 Å². The van der Waals surface area contributed by atoms with E-state index >= 15 is 0 Å². The van der Waals surface area contributed by atoms with Crippen molar-refractivity contribution in [3.05, 3.63) is 0 Å². The molecule has 0 radical (unpaired) electrons. The first kappa shape index (κ1) is 10.5. The molecule has 0 spiro atoms. The molecule has 4 nitrogen and oxygen atoms in total. The van der Waals surface area contributed by atoms with E-state index in [-0.39, 0.29) is 6.61 Å². The van der Waals surface area contributed by atoms with Gasteiger partial charge in [-0.1, -0.05) is 5.92 Å². The predicted octanol–water partition coefficient (Wildman–Crippen LogP) is -0.507. The van der Waals surface area contributed by atoms with Gasteiger partial charge < -0.3 is 19.7 Å². The fourth-order valence-corrected chi connectivity index (χ4v) is 1.37. The van der Waals surface area contributed by atoms with Gasteiger partial charge in [-0.05, 0) is 13.8 Å². The largest absolute Gasteiger partial charge is 0.394 e. The van der Waals surface area contributed by atoms with Crippen LogP contribution in [0.3, 0.4) is 0 Å². The maximum Gasteiger partial charge on any atom is 0.164 e. The molecule has 1 heterocycles. The summed E-state index contributed by atoms with van der Waals surface area (Å²) in [7, 11) is 0. The molecule has 0 aromatic carbocycles. The number of rotatable bonds is 2. The van der Waals surface area contributed by atoms with Gasteiger partial charge in [0, 0.05) is 0 Å². The fourth-order valence-electron chi connectivity index (χ4n) is 1.37. The van der Waals surface area contributed by atoms with E-state index in [2.05, 4.69) is 5.92 Å². The summed E-state index contributed by atoms with van der Waals surface area (Å²) in [6.45, 7) is 3.20. The van der Waals surface area contributed by atoms with Crippen LogP contribution in [0.1, 0.15) is 13.8 Å². The number of aliphatic hydroxyl groups excluding tert-OH is 2. The van der Waals surface area contributed by atoms with Crippen LogP contribution in [0, 0.1) is 12.3 Å². The van der Waals surface area contributed by atoms with Gasteiger partial charge in [-0.3, -0.25) is 0 Å². The van der Waals surface area contributed by atoms with E-state index in [1.54, 1.807) is 13.8 Å². The zero-order chi connectivity index (χ0) is 10.1. The highest BCUT2D eigenvalue weighted by atomic mass is 16.8. The minimum atomic E-state index is -1.04. The molecule has 4 heteroatoms. The zero-order valence-electron chi connectivity index (χ0n) is 7.73. The summed E-state index contributed by atoms with van der Waals surface area (Å²) in [4.78, 5) is 0. The average molecular weight is 186 g/mol. The zero-order valence-corrected chi connectivity index (χ0v) is 7.73. The van der Waals surface area contributed by atoms with Crippen molar-refractivity contribution in [2.24, 2.45) is 0 Å². The Balaban J connectivity index is 2.70. The standard InChI is InChI=1S/C9H14O4/c1-4-6(11)8-7(5-10)12-9(2,3)13-8/h1,6-8,10-11H,5H2,2-3H3. The highest BCUT2D eigenvalue weighted by molar-refractivity contribution is 5.02. The SMILES string of the molecule is C#CC(O)C1OC(C)(C)OC1CO. The van der Waals surface area contributed by atoms with Crippen molar-refractivity contribution in [3.8, 4) is 12.3 Å². The lowest BCUT2D eigenvalue weighted by Gasteiger charge is -2.17. The van der Waals surface area contributed by atoms with Crippen LogP contribution in [0.2, 0.25) is 0 Å². The molecule has 0 bridgehead atoms. The van der Waals surface area contributed by atoms with Crippen LogP contribution in [0.5, 0.6) is 0 Å². The highest BCUT2D eigenvalue weighted by Gasteiger charge is 2.43. The van der Waals surface area contributed by atoms with Gasteiger partial charge in [0.05, 0.1) is 6.61 Å². The highest BCUT2D eigenvalue weighted by Crippen LogP contribution is 2.29. The Hall–Kier alpha value is -0.600. The molecule has 3 unspecified atom stereocenters. The summed E-state index contributed by atoms with van der Waals surface area (Å²) < 4.78 is 10.6. The van der Waals surface area contributed by atoms with Crippen molar-refractivity contribution in [2.75, 3.05) is 6.61 Å². The van der Waals surface area contributed by atoms with Gasteiger partial charge in [0.2, 0.25) is 0 Å². The number of hydrogen-bond acceptors (Lipinski definition) is 4. The average Bonchev–Trinajstić information content (AvgIpc) is 2.39. The first-order valence-electron chi connectivity index (χ1n) is 4.11. The Morgan fingerprint density at radius 2 is 2.15 bits per heavy atom. The van der Waals surface area contributed by atoms with Crippen molar-refractivity contribution in [3.63, 3.8) is 0 Å². The summed E-state index contributed by atoms with van der Waals surface area (Å²) in [5, 5.41) is 18.3. The van der Waals surface area contributed by atoms with Crippen molar-refractivity contribution >= 4 is 0 Å². The molecule has 0 aliphatic carbocycles. The quantitative estimate of drug-likeness (QED) is 0.570. The molecular weight excluding hydrogens is 172 g/mol. The third-order valence-corrected chi connectivity index (χ3v) is 1.88. The number of terminal acetylenes is 1. The lowest BCUT2D eigenvalue weighted by molar-refractivity contribution is -0.154. The molecule has 0 aromatic heterocycles. The van der Waals surface area contributed by atoms with E-state index in [1.807, 2.05) is 0 Å². The molecule has 1 fully saturated rings. The third kappa shape index (κ3) is 2.20. The molecule has 1 rings (SSSR count). The number of ether oxygens (including phenoxy) is 2. The van der Waals surface area contributed by atoms with Crippen LogP contribution in [0.25, 0.3) is 0 Å². The molecule has 13 heavy (non-hydrogen) atoms. The Morgan fingerprint density at radius 3 is 2.62 bits per heavy atom. The summed E-state index contributed by atoms with van der Waals surface area (Å²) in [6, 6.07) is 0. The predicted molar refractivity (Wildman–Crippen MR) is 45.8 cm³/mol. The molecule has 0 amide bonds.